The molecule has 0 amide bonds. The number of anilines is 1. The molecule has 4 heteroatoms. The predicted molar refractivity (Wildman–Crippen MR) is 96.4 cm³/mol. The zero-order chi connectivity index (χ0) is 17.3. The Kier molecular flexibility index (Phi) is 3.96. The van der Waals surface area contributed by atoms with E-state index in [0.717, 1.165) is 22.1 Å². The number of carboxylic acids is 1. The Morgan fingerprint density at radius 3 is 2.38 bits per heavy atom. The zero-order valence-corrected chi connectivity index (χ0v) is 13.2. The standard InChI is InChI=1S/C20H17NO3/c1-12(18-11-16(20(22)23)6-8-19(18)21)13-3-4-15-10-17(24-2)7-5-14(15)9-13/h3-11H,1,21H2,2H3,(H,22,23). The maximum absolute atomic E-state index is 11.2. The predicted octanol–water partition coefficient (Wildman–Crippen LogP) is 4.19. The maximum Gasteiger partial charge on any atom is 0.335 e. The van der Waals surface area contributed by atoms with Crippen LogP contribution in [0.3, 0.4) is 0 Å². The highest BCUT2D eigenvalue weighted by atomic mass is 16.5. The molecule has 0 fully saturated rings. The van der Waals surface area contributed by atoms with Crippen LogP contribution in [0, 0.1) is 0 Å². The molecule has 0 radical (unpaired) electrons. The van der Waals surface area contributed by atoms with Gasteiger partial charge in [0.05, 0.1) is 12.7 Å². The van der Waals surface area contributed by atoms with Gasteiger partial charge >= 0.3 is 5.97 Å². The second-order valence-electron chi connectivity index (χ2n) is 5.51. The van der Waals surface area contributed by atoms with Crippen molar-refractivity contribution in [2.24, 2.45) is 0 Å². The first kappa shape index (κ1) is 15.6. The normalized spacial score (nSPS) is 10.5. The van der Waals surface area contributed by atoms with Crippen molar-refractivity contribution in [1.82, 2.24) is 0 Å². The highest BCUT2D eigenvalue weighted by Gasteiger charge is 2.11. The van der Waals surface area contributed by atoms with E-state index in [1.807, 2.05) is 36.4 Å². The van der Waals surface area contributed by atoms with Crippen molar-refractivity contribution >= 4 is 28.0 Å². The third-order valence-corrected chi connectivity index (χ3v) is 4.02. The third-order valence-electron chi connectivity index (χ3n) is 4.02. The summed E-state index contributed by atoms with van der Waals surface area (Å²) in [5, 5.41) is 11.3. The molecule has 3 aromatic rings. The van der Waals surface area contributed by atoms with Gasteiger partial charge in [0, 0.05) is 11.3 Å². The van der Waals surface area contributed by atoms with Gasteiger partial charge in [0.15, 0.2) is 0 Å². The van der Waals surface area contributed by atoms with Crippen molar-refractivity contribution in [1.29, 1.82) is 0 Å². The molecule has 0 spiro atoms. The summed E-state index contributed by atoms with van der Waals surface area (Å²) in [6.07, 6.45) is 0. The molecule has 120 valence electrons. The van der Waals surface area contributed by atoms with Crippen molar-refractivity contribution in [3.63, 3.8) is 0 Å². The molecule has 0 aliphatic heterocycles. The summed E-state index contributed by atoms with van der Waals surface area (Å²) in [5.74, 6) is -0.192. The maximum atomic E-state index is 11.2. The minimum atomic E-state index is -0.991. The van der Waals surface area contributed by atoms with Crippen LogP contribution in [0.1, 0.15) is 21.5 Å². The number of aromatic carboxylic acids is 1. The monoisotopic (exact) mass is 319 g/mol. The Morgan fingerprint density at radius 1 is 1.00 bits per heavy atom. The van der Waals surface area contributed by atoms with Crippen LogP contribution in [0.5, 0.6) is 5.75 Å². The second kappa shape index (κ2) is 6.08. The van der Waals surface area contributed by atoms with Crippen molar-refractivity contribution in [2.75, 3.05) is 12.8 Å². The molecular formula is C20H17NO3. The summed E-state index contributed by atoms with van der Waals surface area (Å²) in [6.45, 7) is 4.10. The highest BCUT2D eigenvalue weighted by Crippen LogP contribution is 2.30. The fourth-order valence-corrected chi connectivity index (χ4v) is 2.64. The number of ether oxygens (including phenoxy) is 1. The summed E-state index contributed by atoms with van der Waals surface area (Å²) in [5.41, 5.74) is 8.90. The molecule has 0 bridgehead atoms. The van der Waals surface area contributed by atoms with E-state index < -0.39 is 5.97 Å². The lowest BCUT2D eigenvalue weighted by Gasteiger charge is -2.12. The van der Waals surface area contributed by atoms with Crippen molar-refractivity contribution in [2.45, 2.75) is 0 Å². The van der Waals surface area contributed by atoms with Crippen LogP contribution in [-0.2, 0) is 0 Å². The highest BCUT2D eigenvalue weighted by molar-refractivity contribution is 5.94. The number of fused-ring (bicyclic) bond motifs is 1. The fraction of sp³-hybridized carbons (Fsp3) is 0.0500. The van der Waals surface area contributed by atoms with Crippen LogP contribution in [-0.4, -0.2) is 18.2 Å². The molecule has 24 heavy (non-hydrogen) atoms. The molecule has 0 unspecified atom stereocenters. The molecule has 0 aliphatic carbocycles. The Balaban J connectivity index is 2.05. The smallest absolute Gasteiger partial charge is 0.335 e. The zero-order valence-electron chi connectivity index (χ0n) is 13.2. The van der Waals surface area contributed by atoms with Gasteiger partial charge in [-0.05, 0) is 58.3 Å². The quantitative estimate of drug-likeness (QED) is 0.707. The number of methoxy groups -OCH3 is 1. The van der Waals surface area contributed by atoms with E-state index in [4.69, 9.17) is 15.6 Å². The summed E-state index contributed by atoms with van der Waals surface area (Å²) in [7, 11) is 1.63. The molecular weight excluding hydrogens is 302 g/mol. The Bertz CT molecular complexity index is 960. The number of nitrogen functional groups attached to an aromatic ring is 1. The molecule has 3 rings (SSSR count). The van der Waals surface area contributed by atoms with Crippen LogP contribution in [0.15, 0.2) is 61.2 Å². The molecule has 0 aliphatic rings. The van der Waals surface area contributed by atoms with E-state index in [9.17, 15) is 4.79 Å². The van der Waals surface area contributed by atoms with Crippen LogP contribution in [0.4, 0.5) is 5.69 Å². The average Bonchev–Trinajstić information content (AvgIpc) is 2.60. The van der Waals surface area contributed by atoms with Crippen LogP contribution in [0.2, 0.25) is 0 Å². The Hall–Kier alpha value is -3.27. The van der Waals surface area contributed by atoms with Crippen molar-refractivity contribution < 1.29 is 14.6 Å². The molecule has 0 heterocycles. The second-order valence-corrected chi connectivity index (χ2v) is 5.51. The summed E-state index contributed by atoms with van der Waals surface area (Å²) < 4.78 is 5.23. The first-order chi connectivity index (χ1) is 11.5. The number of carbonyl (C=O) groups is 1. The van der Waals surface area contributed by atoms with Gasteiger partial charge in [0.25, 0.3) is 0 Å². The van der Waals surface area contributed by atoms with Gasteiger partial charge in [-0.2, -0.15) is 0 Å². The summed E-state index contributed by atoms with van der Waals surface area (Å²) >= 11 is 0. The SMILES string of the molecule is C=C(c1ccc2cc(OC)ccc2c1)c1cc(C(=O)O)ccc1N. The number of carboxylic acid groups (broad SMARTS) is 1. The molecule has 0 atom stereocenters. The molecule has 0 saturated carbocycles. The van der Waals surface area contributed by atoms with Gasteiger partial charge in [-0.1, -0.05) is 24.8 Å². The van der Waals surface area contributed by atoms with Gasteiger partial charge in [-0.15, -0.1) is 0 Å². The minimum Gasteiger partial charge on any atom is -0.497 e. The number of benzene rings is 3. The third kappa shape index (κ3) is 2.82. The lowest BCUT2D eigenvalue weighted by Crippen LogP contribution is -2.01. The van der Waals surface area contributed by atoms with Gasteiger partial charge in [-0.3, -0.25) is 0 Å². The molecule has 4 nitrogen and oxygen atoms in total. The van der Waals surface area contributed by atoms with Gasteiger partial charge < -0.3 is 15.6 Å². The van der Waals surface area contributed by atoms with Crippen LogP contribution < -0.4 is 10.5 Å². The first-order valence-electron chi connectivity index (χ1n) is 7.40. The van der Waals surface area contributed by atoms with Crippen molar-refractivity contribution in [3.8, 4) is 5.75 Å². The molecule has 3 N–H and O–H groups in total. The average molecular weight is 319 g/mol. The lowest BCUT2D eigenvalue weighted by atomic mass is 9.94. The first-order valence-corrected chi connectivity index (χ1v) is 7.40. The van der Waals surface area contributed by atoms with Crippen LogP contribution in [0.25, 0.3) is 16.3 Å². The Morgan fingerprint density at radius 2 is 1.67 bits per heavy atom. The molecule has 3 aromatic carbocycles. The number of hydrogen-bond donors (Lipinski definition) is 2. The van der Waals surface area contributed by atoms with E-state index in [1.54, 1.807) is 19.2 Å². The van der Waals surface area contributed by atoms with Gasteiger partial charge in [0.2, 0.25) is 0 Å². The molecule has 0 aromatic heterocycles. The summed E-state index contributed by atoms with van der Waals surface area (Å²) in [6, 6.07) is 16.4. The van der Waals surface area contributed by atoms with Crippen LogP contribution >= 0.6 is 0 Å². The van der Waals surface area contributed by atoms with Gasteiger partial charge in [-0.25, -0.2) is 4.79 Å². The number of rotatable bonds is 4. The van der Waals surface area contributed by atoms with E-state index in [-0.39, 0.29) is 5.56 Å². The van der Waals surface area contributed by atoms with E-state index in [0.29, 0.717) is 16.8 Å². The summed E-state index contributed by atoms with van der Waals surface area (Å²) in [4.78, 5) is 11.2. The minimum absolute atomic E-state index is 0.186. The van der Waals surface area contributed by atoms with E-state index in [1.165, 1.54) is 6.07 Å². The fourth-order valence-electron chi connectivity index (χ4n) is 2.64. The molecule has 0 saturated heterocycles. The van der Waals surface area contributed by atoms with E-state index in [2.05, 4.69) is 6.58 Å². The Labute approximate surface area is 139 Å². The number of hydrogen-bond acceptors (Lipinski definition) is 3. The largest absolute Gasteiger partial charge is 0.497 e. The number of nitrogens with two attached hydrogens (primary N) is 1. The van der Waals surface area contributed by atoms with E-state index >= 15 is 0 Å². The van der Waals surface area contributed by atoms with Gasteiger partial charge in [0.1, 0.15) is 5.75 Å². The topological polar surface area (TPSA) is 72.5 Å². The van der Waals surface area contributed by atoms with Crippen molar-refractivity contribution in [3.05, 3.63) is 77.9 Å². The lowest BCUT2D eigenvalue weighted by molar-refractivity contribution is 0.0697.